The Morgan fingerprint density at radius 3 is 2.75 bits per heavy atom. The van der Waals surface area contributed by atoms with Crippen LogP contribution in [0.4, 0.5) is 0 Å². The van der Waals surface area contributed by atoms with E-state index in [1.54, 1.807) is 0 Å². The molecule has 0 aromatic carbocycles. The van der Waals surface area contributed by atoms with Crippen molar-refractivity contribution < 1.29 is 0 Å². The molecule has 3 atom stereocenters. The van der Waals surface area contributed by atoms with Crippen molar-refractivity contribution in [2.45, 2.75) is 44.3 Å². The van der Waals surface area contributed by atoms with E-state index in [0.29, 0.717) is 0 Å². The molecule has 68 valence electrons. The van der Waals surface area contributed by atoms with Crippen LogP contribution in [0.1, 0.15) is 32.1 Å². The SMILES string of the molecule is C1CCC2C3N(CC1)CCCN23. The second-order valence-corrected chi connectivity index (χ2v) is 4.46. The van der Waals surface area contributed by atoms with Crippen LogP contribution in [0.15, 0.2) is 0 Å². The highest BCUT2D eigenvalue weighted by Gasteiger charge is 2.51. The van der Waals surface area contributed by atoms with Crippen LogP contribution in [0.5, 0.6) is 0 Å². The topological polar surface area (TPSA) is 6.25 Å². The predicted molar refractivity (Wildman–Crippen MR) is 48.9 cm³/mol. The lowest BCUT2D eigenvalue weighted by molar-refractivity contribution is 0.171. The lowest BCUT2D eigenvalue weighted by Gasteiger charge is -2.26. The van der Waals surface area contributed by atoms with E-state index in [-0.39, 0.29) is 0 Å². The minimum absolute atomic E-state index is 0.888. The Hall–Kier alpha value is -0.0800. The summed E-state index contributed by atoms with van der Waals surface area (Å²) < 4.78 is 0. The van der Waals surface area contributed by atoms with Gasteiger partial charge >= 0.3 is 0 Å². The van der Waals surface area contributed by atoms with Gasteiger partial charge in [0.15, 0.2) is 0 Å². The second kappa shape index (κ2) is 2.71. The van der Waals surface area contributed by atoms with Gasteiger partial charge in [0.2, 0.25) is 0 Å². The summed E-state index contributed by atoms with van der Waals surface area (Å²) in [6.07, 6.45) is 8.16. The van der Waals surface area contributed by atoms with Gasteiger partial charge in [0.05, 0.1) is 6.17 Å². The van der Waals surface area contributed by atoms with Gasteiger partial charge in [-0.2, -0.15) is 0 Å². The van der Waals surface area contributed by atoms with E-state index in [1.807, 2.05) is 0 Å². The van der Waals surface area contributed by atoms with Crippen molar-refractivity contribution in [2.24, 2.45) is 0 Å². The van der Waals surface area contributed by atoms with Crippen LogP contribution in [0.2, 0.25) is 0 Å². The van der Waals surface area contributed by atoms with Crippen LogP contribution >= 0.6 is 0 Å². The summed E-state index contributed by atoms with van der Waals surface area (Å²) in [5.74, 6) is 0. The molecule has 0 aromatic rings. The molecular weight excluding hydrogens is 148 g/mol. The Bertz CT molecular complexity index is 181. The molecule has 0 radical (unpaired) electrons. The molecule has 2 nitrogen and oxygen atoms in total. The van der Waals surface area contributed by atoms with Crippen molar-refractivity contribution >= 4 is 0 Å². The van der Waals surface area contributed by atoms with E-state index in [1.165, 1.54) is 51.7 Å². The molecule has 0 saturated carbocycles. The smallest absolute Gasteiger partial charge is 0.0786 e. The van der Waals surface area contributed by atoms with Crippen LogP contribution < -0.4 is 0 Å². The summed E-state index contributed by atoms with van der Waals surface area (Å²) in [5, 5.41) is 0. The van der Waals surface area contributed by atoms with E-state index in [4.69, 9.17) is 0 Å². The molecule has 0 N–H and O–H groups in total. The van der Waals surface area contributed by atoms with E-state index in [0.717, 1.165) is 12.2 Å². The van der Waals surface area contributed by atoms with Gasteiger partial charge in [-0.25, -0.2) is 0 Å². The largest absolute Gasteiger partial charge is 0.287 e. The molecule has 0 aliphatic carbocycles. The number of rotatable bonds is 0. The van der Waals surface area contributed by atoms with Crippen molar-refractivity contribution in [1.29, 1.82) is 0 Å². The van der Waals surface area contributed by atoms with E-state index < -0.39 is 0 Å². The van der Waals surface area contributed by atoms with Crippen LogP contribution in [0.25, 0.3) is 0 Å². The van der Waals surface area contributed by atoms with Gasteiger partial charge in [-0.1, -0.05) is 12.8 Å². The first-order valence-corrected chi connectivity index (χ1v) is 5.46. The Kier molecular flexibility index (Phi) is 1.66. The maximum Gasteiger partial charge on any atom is 0.0786 e. The number of nitrogens with zero attached hydrogens (tertiary/aromatic N) is 2. The number of fused-ring (bicyclic) bond motifs is 1. The van der Waals surface area contributed by atoms with Crippen LogP contribution in [0, 0.1) is 0 Å². The maximum absolute atomic E-state index is 2.72. The molecule has 0 bridgehead atoms. The third kappa shape index (κ3) is 1.01. The van der Waals surface area contributed by atoms with Gasteiger partial charge in [-0.15, -0.1) is 0 Å². The monoisotopic (exact) mass is 166 g/mol. The summed E-state index contributed by atoms with van der Waals surface area (Å²) in [4.78, 5) is 5.42. The maximum atomic E-state index is 2.72. The van der Waals surface area contributed by atoms with Crippen molar-refractivity contribution in [3.63, 3.8) is 0 Å². The highest BCUT2D eigenvalue weighted by Crippen LogP contribution is 2.39. The molecule has 2 heteroatoms. The third-order valence-electron chi connectivity index (χ3n) is 3.70. The highest BCUT2D eigenvalue weighted by molar-refractivity contribution is 5.04. The van der Waals surface area contributed by atoms with Crippen LogP contribution in [-0.2, 0) is 0 Å². The molecule has 0 amide bonds. The lowest BCUT2D eigenvalue weighted by Crippen LogP contribution is -2.37. The van der Waals surface area contributed by atoms with Crippen LogP contribution in [0.3, 0.4) is 0 Å². The van der Waals surface area contributed by atoms with Crippen LogP contribution in [-0.4, -0.2) is 41.6 Å². The van der Waals surface area contributed by atoms with E-state index >= 15 is 0 Å². The third-order valence-corrected chi connectivity index (χ3v) is 3.70. The van der Waals surface area contributed by atoms with E-state index in [9.17, 15) is 0 Å². The zero-order valence-corrected chi connectivity index (χ0v) is 7.71. The number of hydrogen-bond donors (Lipinski definition) is 0. The summed E-state index contributed by atoms with van der Waals surface area (Å²) in [7, 11) is 0. The van der Waals surface area contributed by atoms with Gasteiger partial charge in [0.25, 0.3) is 0 Å². The molecule has 3 heterocycles. The van der Waals surface area contributed by atoms with Gasteiger partial charge in [-0.05, 0) is 25.8 Å². The molecule has 3 rings (SSSR count). The molecule has 12 heavy (non-hydrogen) atoms. The second-order valence-electron chi connectivity index (χ2n) is 4.46. The fourth-order valence-corrected chi connectivity index (χ4v) is 3.06. The molecule has 3 fully saturated rings. The van der Waals surface area contributed by atoms with Crippen molar-refractivity contribution in [1.82, 2.24) is 9.80 Å². The van der Waals surface area contributed by atoms with Crippen molar-refractivity contribution in [3.8, 4) is 0 Å². The molecule has 3 unspecified atom stereocenters. The van der Waals surface area contributed by atoms with Gasteiger partial charge in [-0.3, -0.25) is 9.80 Å². The normalized spacial score (nSPS) is 47.5. The first-order valence-electron chi connectivity index (χ1n) is 5.46. The zero-order chi connectivity index (χ0) is 7.97. The molecule has 3 aliphatic rings. The summed E-state index contributed by atoms with van der Waals surface area (Å²) >= 11 is 0. The van der Waals surface area contributed by atoms with Gasteiger partial charge < -0.3 is 0 Å². The van der Waals surface area contributed by atoms with Crippen molar-refractivity contribution in [2.75, 3.05) is 19.6 Å². The zero-order valence-electron chi connectivity index (χ0n) is 7.71. The minimum atomic E-state index is 0.888. The lowest BCUT2D eigenvalue weighted by atomic mass is 10.1. The Morgan fingerprint density at radius 2 is 1.75 bits per heavy atom. The fraction of sp³-hybridized carbons (Fsp3) is 1.00. The molecule has 0 aromatic heterocycles. The first-order chi connectivity index (χ1) is 5.97. The molecular formula is C10H18N2. The summed E-state index contributed by atoms with van der Waals surface area (Å²) in [6.45, 7) is 4.13. The quantitative estimate of drug-likeness (QED) is 0.500. The standard InChI is InChI=1S/C10H18N2/c1-2-5-9-10-11(6-3-1)7-4-8-12(9)10/h9-10H,1-8H2. The Morgan fingerprint density at radius 1 is 0.833 bits per heavy atom. The average molecular weight is 166 g/mol. The summed E-state index contributed by atoms with van der Waals surface area (Å²) in [5.41, 5.74) is 0. The molecule has 3 aliphatic heterocycles. The average Bonchev–Trinajstić information content (AvgIpc) is 2.73. The Labute approximate surface area is 74.5 Å². The minimum Gasteiger partial charge on any atom is -0.287 e. The highest BCUT2D eigenvalue weighted by atomic mass is 15.5. The predicted octanol–water partition coefficient (Wildman–Crippen LogP) is 1.28. The van der Waals surface area contributed by atoms with Crippen molar-refractivity contribution in [3.05, 3.63) is 0 Å². The first kappa shape index (κ1) is 7.34. The van der Waals surface area contributed by atoms with Gasteiger partial charge in [0, 0.05) is 19.1 Å². The number of hydrogen-bond acceptors (Lipinski definition) is 2. The summed E-state index contributed by atoms with van der Waals surface area (Å²) in [6, 6.07) is 0.966. The Balaban J connectivity index is 1.74. The molecule has 0 spiro atoms. The van der Waals surface area contributed by atoms with Gasteiger partial charge in [0.1, 0.15) is 0 Å². The van der Waals surface area contributed by atoms with E-state index in [2.05, 4.69) is 9.80 Å². The molecule has 3 saturated heterocycles. The fourth-order valence-electron chi connectivity index (χ4n) is 3.06.